The Morgan fingerprint density at radius 1 is 1.60 bits per heavy atom. The van der Waals surface area contributed by atoms with Crippen molar-refractivity contribution in [3.05, 3.63) is 16.6 Å². The van der Waals surface area contributed by atoms with Crippen molar-refractivity contribution in [3.8, 4) is 0 Å². The van der Waals surface area contributed by atoms with Gasteiger partial charge in [0.15, 0.2) is 0 Å². The molecule has 15 heavy (non-hydrogen) atoms. The molecule has 2 rings (SSSR count). The molecular weight excluding hydrogens is 224 g/mol. The number of hydrogen-bond acceptors (Lipinski definition) is 4. The van der Waals surface area contributed by atoms with Gasteiger partial charge in [-0.05, 0) is 17.6 Å². The standard InChI is InChI=1S/C11H18N2S2/c1-11(2)3-9(5-14-7-11)12-4-10-6-15-8-13-10/h6,8-9,12H,3-5,7H2,1-2H3. The smallest absolute Gasteiger partial charge is 0.0795 e. The van der Waals surface area contributed by atoms with Crippen LogP contribution in [-0.4, -0.2) is 22.5 Å². The van der Waals surface area contributed by atoms with Gasteiger partial charge >= 0.3 is 0 Å². The highest BCUT2D eigenvalue weighted by Crippen LogP contribution is 2.33. The molecule has 1 unspecified atom stereocenters. The summed E-state index contributed by atoms with van der Waals surface area (Å²) in [7, 11) is 0. The van der Waals surface area contributed by atoms with Crippen molar-refractivity contribution in [2.24, 2.45) is 5.41 Å². The summed E-state index contributed by atoms with van der Waals surface area (Å²) in [6.45, 7) is 5.64. The summed E-state index contributed by atoms with van der Waals surface area (Å²) in [5.41, 5.74) is 3.56. The van der Waals surface area contributed by atoms with Crippen LogP contribution in [0.25, 0.3) is 0 Å². The van der Waals surface area contributed by atoms with Gasteiger partial charge in [0.1, 0.15) is 0 Å². The summed E-state index contributed by atoms with van der Waals surface area (Å²) < 4.78 is 0. The molecule has 4 heteroatoms. The molecule has 1 aliphatic heterocycles. The van der Waals surface area contributed by atoms with E-state index in [1.807, 2.05) is 5.51 Å². The molecule has 1 aromatic rings. The predicted molar refractivity (Wildman–Crippen MR) is 68.5 cm³/mol. The zero-order valence-electron chi connectivity index (χ0n) is 9.32. The summed E-state index contributed by atoms with van der Waals surface area (Å²) >= 11 is 3.74. The Hall–Kier alpha value is -0.0600. The molecule has 1 N–H and O–H groups in total. The van der Waals surface area contributed by atoms with E-state index in [1.165, 1.54) is 23.6 Å². The molecule has 0 saturated carbocycles. The zero-order valence-corrected chi connectivity index (χ0v) is 11.0. The zero-order chi connectivity index (χ0) is 10.7. The van der Waals surface area contributed by atoms with Crippen LogP contribution in [0, 0.1) is 5.41 Å². The Morgan fingerprint density at radius 2 is 2.47 bits per heavy atom. The number of nitrogens with zero attached hydrogens (tertiary/aromatic N) is 1. The van der Waals surface area contributed by atoms with Crippen LogP contribution in [0.2, 0.25) is 0 Å². The summed E-state index contributed by atoms with van der Waals surface area (Å²) in [6, 6.07) is 0.653. The summed E-state index contributed by atoms with van der Waals surface area (Å²) in [4.78, 5) is 4.29. The van der Waals surface area contributed by atoms with Crippen molar-refractivity contribution in [2.45, 2.75) is 32.9 Å². The summed E-state index contributed by atoms with van der Waals surface area (Å²) in [5.74, 6) is 2.54. The lowest BCUT2D eigenvalue weighted by Crippen LogP contribution is -2.40. The van der Waals surface area contributed by atoms with Crippen LogP contribution < -0.4 is 5.32 Å². The molecular formula is C11H18N2S2. The fourth-order valence-electron chi connectivity index (χ4n) is 1.97. The molecule has 2 nitrogen and oxygen atoms in total. The van der Waals surface area contributed by atoms with Gasteiger partial charge in [0.05, 0.1) is 11.2 Å². The van der Waals surface area contributed by atoms with Crippen molar-refractivity contribution >= 4 is 23.1 Å². The first-order valence-corrected chi connectivity index (χ1v) is 7.44. The molecule has 0 radical (unpaired) electrons. The number of thiazole rings is 1. The van der Waals surface area contributed by atoms with Crippen LogP contribution in [0.15, 0.2) is 10.9 Å². The van der Waals surface area contributed by atoms with Crippen LogP contribution in [0.4, 0.5) is 0 Å². The second-order valence-electron chi connectivity index (χ2n) is 4.94. The monoisotopic (exact) mass is 242 g/mol. The normalized spacial score (nSPS) is 25.3. The highest BCUT2D eigenvalue weighted by Gasteiger charge is 2.27. The van der Waals surface area contributed by atoms with Gasteiger partial charge in [-0.2, -0.15) is 11.8 Å². The highest BCUT2D eigenvalue weighted by molar-refractivity contribution is 7.99. The third kappa shape index (κ3) is 3.47. The first-order valence-electron chi connectivity index (χ1n) is 5.34. The Morgan fingerprint density at radius 3 is 3.13 bits per heavy atom. The summed E-state index contributed by atoms with van der Waals surface area (Å²) in [6.07, 6.45) is 1.28. The minimum atomic E-state index is 0.489. The molecule has 0 aliphatic carbocycles. The quantitative estimate of drug-likeness (QED) is 0.882. The van der Waals surface area contributed by atoms with E-state index in [4.69, 9.17) is 0 Å². The average Bonchev–Trinajstić information content (AvgIpc) is 2.65. The van der Waals surface area contributed by atoms with Crippen molar-refractivity contribution in [1.29, 1.82) is 0 Å². The highest BCUT2D eigenvalue weighted by atomic mass is 32.2. The number of thioether (sulfide) groups is 1. The fraction of sp³-hybridized carbons (Fsp3) is 0.727. The molecule has 0 bridgehead atoms. The molecule has 84 valence electrons. The molecule has 1 saturated heterocycles. The van der Waals surface area contributed by atoms with E-state index in [0.29, 0.717) is 11.5 Å². The van der Waals surface area contributed by atoms with Crippen molar-refractivity contribution < 1.29 is 0 Å². The summed E-state index contributed by atoms with van der Waals surface area (Å²) in [5, 5.41) is 5.72. The van der Waals surface area contributed by atoms with E-state index in [2.05, 4.69) is 41.3 Å². The lowest BCUT2D eigenvalue weighted by Gasteiger charge is -2.35. The van der Waals surface area contributed by atoms with E-state index in [-0.39, 0.29) is 0 Å². The first-order chi connectivity index (χ1) is 7.16. The molecule has 0 spiro atoms. The lowest BCUT2D eigenvalue weighted by atomic mass is 9.88. The minimum absolute atomic E-state index is 0.489. The van der Waals surface area contributed by atoms with Crippen molar-refractivity contribution in [2.75, 3.05) is 11.5 Å². The van der Waals surface area contributed by atoms with E-state index in [1.54, 1.807) is 11.3 Å². The van der Waals surface area contributed by atoms with Crippen molar-refractivity contribution in [3.63, 3.8) is 0 Å². The third-order valence-corrected chi connectivity index (χ3v) is 4.93. The molecule has 0 amide bonds. The number of rotatable bonds is 3. The number of aromatic nitrogens is 1. The van der Waals surface area contributed by atoms with Crippen LogP contribution in [0.1, 0.15) is 26.0 Å². The number of nitrogens with one attached hydrogen (secondary N) is 1. The van der Waals surface area contributed by atoms with Gasteiger partial charge in [0.25, 0.3) is 0 Å². The van der Waals surface area contributed by atoms with Gasteiger partial charge in [0, 0.05) is 23.7 Å². The van der Waals surface area contributed by atoms with E-state index in [9.17, 15) is 0 Å². The van der Waals surface area contributed by atoms with Crippen LogP contribution in [0.5, 0.6) is 0 Å². The maximum atomic E-state index is 4.29. The fourth-order valence-corrected chi connectivity index (χ4v) is 3.83. The first kappa shape index (κ1) is 11.4. The third-order valence-electron chi connectivity index (χ3n) is 2.67. The van der Waals surface area contributed by atoms with Crippen LogP contribution >= 0.6 is 23.1 Å². The molecule has 0 aromatic carbocycles. The van der Waals surface area contributed by atoms with E-state index in [0.717, 1.165) is 6.54 Å². The van der Waals surface area contributed by atoms with Gasteiger partial charge in [-0.1, -0.05) is 13.8 Å². The van der Waals surface area contributed by atoms with E-state index >= 15 is 0 Å². The Kier molecular flexibility index (Phi) is 3.69. The molecule has 2 heterocycles. The second-order valence-corrected chi connectivity index (χ2v) is 6.69. The molecule has 1 aromatic heterocycles. The molecule has 1 fully saturated rings. The second kappa shape index (κ2) is 4.85. The molecule has 1 aliphatic rings. The topological polar surface area (TPSA) is 24.9 Å². The van der Waals surface area contributed by atoms with Gasteiger partial charge in [0.2, 0.25) is 0 Å². The van der Waals surface area contributed by atoms with Gasteiger partial charge in [-0.3, -0.25) is 0 Å². The molecule has 1 atom stereocenters. The van der Waals surface area contributed by atoms with Crippen LogP contribution in [-0.2, 0) is 6.54 Å². The van der Waals surface area contributed by atoms with E-state index < -0.39 is 0 Å². The maximum Gasteiger partial charge on any atom is 0.0795 e. The predicted octanol–water partition coefficient (Wildman–Crippen LogP) is 2.76. The van der Waals surface area contributed by atoms with Gasteiger partial charge in [-0.25, -0.2) is 4.98 Å². The van der Waals surface area contributed by atoms with Gasteiger partial charge < -0.3 is 5.32 Å². The van der Waals surface area contributed by atoms with Crippen LogP contribution in [0.3, 0.4) is 0 Å². The average molecular weight is 242 g/mol. The SMILES string of the molecule is CC1(C)CSCC(NCc2cscn2)C1. The van der Waals surface area contributed by atoms with Gasteiger partial charge in [-0.15, -0.1) is 11.3 Å². The minimum Gasteiger partial charge on any atom is -0.307 e. The Labute approximate surface area is 99.9 Å². The largest absolute Gasteiger partial charge is 0.307 e. The maximum absolute atomic E-state index is 4.29. The van der Waals surface area contributed by atoms with Crippen molar-refractivity contribution in [1.82, 2.24) is 10.3 Å². The number of hydrogen-bond donors (Lipinski definition) is 1. The Balaban J connectivity index is 1.80. The Bertz CT molecular complexity index is 296. The lowest BCUT2D eigenvalue weighted by molar-refractivity contribution is 0.317.